The molecule has 0 spiro atoms. The van der Waals surface area contributed by atoms with Crippen molar-refractivity contribution in [3.8, 4) is 0 Å². The van der Waals surface area contributed by atoms with Crippen LogP contribution in [0.1, 0.15) is 0 Å². The molecular weight excluding hydrogens is 116 g/mol. The maximum absolute atomic E-state index is 5.62. The Morgan fingerprint density at radius 1 is 1.67 bits per heavy atom. The van der Waals surface area contributed by atoms with Crippen LogP contribution >= 0.6 is 0 Å². The first kappa shape index (κ1) is 6.99. The standard InChI is InChI=1S/C6H14N2O/c1-8(2)3-6-5(7)4-9-6/h5-6H,3-4,7H2,1-2H3. The van der Waals surface area contributed by atoms with Crippen molar-refractivity contribution in [2.45, 2.75) is 12.1 Å². The number of nitrogens with two attached hydrogens (primary N) is 1. The Morgan fingerprint density at radius 3 is 2.44 bits per heavy atom. The number of rotatable bonds is 2. The highest BCUT2D eigenvalue weighted by atomic mass is 16.5. The number of likely N-dealkylation sites (N-methyl/N-ethyl adjacent to an activating group) is 1. The smallest absolute Gasteiger partial charge is 0.0875 e. The third-order valence-electron chi connectivity index (χ3n) is 1.53. The van der Waals surface area contributed by atoms with Gasteiger partial charge < -0.3 is 15.4 Å². The highest BCUT2D eigenvalue weighted by Gasteiger charge is 2.28. The summed E-state index contributed by atoms with van der Waals surface area (Å²) in [5.74, 6) is 0. The van der Waals surface area contributed by atoms with E-state index in [1.807, 2.05) is 14.1 Å². The van der Waals surface area contributed by atoms with Crippen molar-refractivity contribution in [2.75, 3.05) is 27.2 Å². The van der Waals surface area contributed by atoms with Gasteiger partial charge in [-0.3, -0.25) is 0 Å². The summed E-state index contributed by atoms with van der Waals surface area (Å²) in [5.41, 5.74) is 5.62. The van der Waals surface area contributed by atoms with Crippen LogP contribution in [-0.4, -0.2) is 44.3 Å². The molecule has 0 aromatic heterocycles. The molecule has 1 saturated heterocycles. The third kappa shape index (κ3) is 1.64. The minimum Gasteiger partial charge on any atom is -0.373 e. The average Bonchev–Trinajstić information content (AvgIpc) is 1.79. The van der Waals surface area contributed by atoms with Crippen molar-refractivity contribution in [3.05, 3.63) is 0 Å². The molecule has 0 saturated carbocycles. The molecule has 1 aliphatic heterocycles. The maximum Gasteiger partial charge on any atom is 0.0875 e. The minimum atomic E-state index is 0.271. The molecule has 1 rings (SSSR count). The van der Waals surface area contributed by atoms with E-state index in [0.717, 1.165) is 13.2 Å². The van der Waals surface area contributed by atoms with Crippen LogP contribution in [0.3, 0.4) is 0 Å². The summed E-state index contributed by atoms with van der Waals surface area (Å²) in [6.07, 6.45) is 0.278. The van der Waals surface area contributed by atoms with Gasteiger partial charge in [0.1, 0.15) is 0 Å². The van der Waals surface area contributed by atoms with E-state index in [1.165, 1.54) is 0 Å². The molecule has 2 unspecified atom stereocenters. The molecule has 0 amide bonds. The second-order valence-corrected chi connectivity index (χ2v) is 2.80. The predicted molar refractivity (Wildman–Crippen MR) is 36.3 cm³/mol. The summed E-state index contributed by atoms with van der Waals surface area (Å²) in [7, 11) is 4.04. The van der Waals surface area contributed by atoms with Crippen LogP contribution in [0.2, 0.25) is 0 Å². The quantitative estimate of drug-likeness (QED) is 0.536. The Kier molecular flexibility index (Phi) is 2.05. The van der Waals surface area contributed by atoms with E-state index in [2.05, 4.69) is 4.90 Å². The van der Waals surface area contributed by atoms with Gasteiger partial charge in [0, 0.05) is 6.54 Å². The maximum atomic E-state index is 5.62. The van der Waals surface area contributed by atoms with Crippen molar-refractivity contribution in [1.82, 2.24) is 4.90 Å². The summed E-state index contributed by atoms with van der Waals surface area (Å²) in [6.45, 7) is 1.68. The van der Waals surface area contributed by atoms with Crippen LogP contribution < -0.4 is 5.73 Å². The van der Waals surface area contributed by atoms with Crippen LogP contribution in [0.5, 0.6) is 0 Å². The molecule has 0 radical (unpaired) electrons. The van der Waals surface area contributed by atoms with Gasteiger partial charge in [-0.1, -0.05) is 0 Å². The van der Waals surface area contributed by atoms with E-state index >= 15 is 0 Å². The largest absolute Gasteiger partial charge is 0.373 e. The SMILES string of the molecule is CN(C)CC1OCC1N. The van der Waals surface area contributed by atoms with Gasteiger partial charge in [0.25, 0.3) is 0 Å². The minimum absolute atomic E-state index is 0.271. The molecule has 2 N–H and O–H groups in total. The fraction of sp³-hybridized carbons (Fsp3) is 1.00. The second kappa shape index (κ2) is 2.64. The first-order valence-corrected chi connectivity index (χ1v) is 3.22. The van der Waals surface area contributed by atoms with Gasteiger partial charge in [0.15, 0.2) is 0 Å². The zero-order valence-corrected chi connectivity index (χ0v) is 6.00. The Labute approximate surface area is 55.8 Å². The zero-order chi connectivity index (χ0) is 6.85. The third-order valence-corrected chi connectivity index (χ3v) is 1.53. The number of hydrogen-bond acceptors (Lipinski definition) is 3. The van der Waals surface area contributed by atoms with Crippen LogP contribution in [-0.2, 0) is 4.74 Å². The predicted octanol–water partition coefficient (Wildman–Crippen LogP) is -0.726. The Morgan fingerprint density at radius 2 is 2.33 bits per heavy atom. The normalized spacial score (nSPS) is 34.7. The highest BCUT2D eigenvalue weighted by molar-refractivity contribution is 4.83. The van der Waals surface area contributed by atoms with Crippen LogP contribution in [0.15, 0.2) is 0 Å². The van der Waals surface area contributed by atoms with Crippen molar-refractivity contribution in [1.29, 1.82) is 0 Å². The van der Waals surface area contributed by atoms with E-state index in [-0.39, 0.29) is 12.1 Å². The molecule has 54 valence electrons. The van der Waals surface area contributed by atoms with Gasteiger partial charge in [-0.25, -0.2) is 0 Å². The van der Waals surface area contributed by atoms with Crippen LogP contribution in [0.4, 0.5) is 0 Å². The highest BCUT2D eigenvalue weighted by Crippen LogP contribution is 2.09. The fourth-order valence-corrected chi connectivity index (χ4v) is 0.891. The van der Waals surface area contributed by atoms with Crippen molar-refractivity contribution < 1.29 is 4.74 Å². The molecular formula is C6H14N2O. The van der Waals surface area contributed by atoms with Gasteiger partial charge in [-0.15, -0.1) is 0 Å². The molecule has 3 nitrogen and oxygen atoms in total. The van der Waals surface area contributed by atoms with Gasteiger partial charge >= 0.3 is 0 Å². The summed E-state index contributed by atoms with van der Waals surface area (Å²) < 4.78 is 5.19. The fourth-order valence-electron chi connectivity index (χ4n) is 0.891. The van der Waals surface area contributed by atoms with Crippen molar-refractivity contribution in [3.63, 3.8) is 0 Å². The Balaban J connectivity index is 2.13. The van der Waals surface area contributed by atoms with E-state index in [4.69, 9.17) is 10.5 Å². The Hall–Kier alpha value is -0.120. The summed E-state index contributed by atoms with van der Waals surface area (Å²) in [6, 6.07) is 0.271. The lowest BCUT2D eigenvalue weighted by Gasteiger charge is -2.35. The summed E-state index contributed by atoms with van der Waals surface area (Å²) >= 11 is 0. The molecule has 3 heteroatoms. The molecule has 1 fully saturated rings. The number of ether oxygens (including phenoxy) is 1. The second-order valence-electron chi connectivity index (χ2n) is 2.80. The molecule has 0 aromatic carbocycles. The van der Waals surface area contributed by atoms with E-state index in [9.17, 15) is 0 Å². The molecule has 1 heterocycles. The molecule has 0 aromatic rings. The molecule has 2 atom stereocenters. The van der Waals surface area contributed by atoms with E-state index in [0.29, 0.717) is 0 Å². The number of nitrogens with zero attached hydrogens (tertiary/aromatic N) is 1. The molecule has 1 aliphatic rings. The van der Waals surface area contributed by atoms with Crippen LogP contribution in [0.25, 0.3) is 0 Å². The average molecular weight is 130 g/mol. The van der Waals surface area contributed by atoms with Gasteiger partial charge in [0.05, 0.1) is 18.8 Å². The Bertz CT molecular complexity index is 95.1. The summed E-state index contributed by atoms with van der Waals surface area (Å²) in [4.78, 5) is 2.09. The van der Waals surface area contributed by atoms with Crippen molar-refractivity contribution >= 4 is 0 Å². The monoisotopic (exact) mass is 130 g/mol. The van der Waals surface area contributed by atoms with E-state index in [1.54, 1.807) is 0 Å². The first-order chi connectivity index (χ1) is 4.20. The lowest BCUT2D eigenvalue weighted by Crippen LogP contribution is -2.55. The van der Waals surface area contributed by atoms with Gasteiger partial charge in [0.2, 0.25) is 0 Å². The molecule has 0 aliphatic carbocycles. The lowest BCUT2D eigenvalue weighted by atomic mass is 10.1. The zero-order valence-electron chi connectivity index (χ0n) is 6.00. The topological polar surface area (TPSA) is 38.5 Å². The van der Waals surface area contributed by atoms with Crippen molar-refractivity contribution in [2.24, 2.45) is 5.73 Å². The first-order valence-electron chi connectivity index (χ1n) is 3.22. The van der Waals surface area contributed by atoms with Crippen LogP contribution in [0, 0.1) is 0 Å². The molecule has 0 bridgehead atoms. The van der Waals surface area contributed by atoms with E-state index < -0.39 is 0 Å². The van der Waals surface area contributed by atoms with Gasteiger partial charge in [-0.05, 0) is 14.1 Å². The lowest BCUT2D eigenvalue weighted by molar-refractivity contribution is -0.0817. The number of hydrogen-bond donors (Lipinski definition) is 1. The summed E-state index contributed by atoms with van der Waals surface area (Å²) in [5, 5.41) is 0. The molecule has 9 heavy (non-hydrogen) atoms. The van der Waals surface area contributed by atoms with Gasteiger partial charge in [-0.2, -0.15) is 0 Å².